The van der Waals surface area contributed by atoms with Crippen LogP contribution in [-0.4, -0.2) is 30.9 Å². The molecule has 0 fully saturated rings. The molecule has 21 heavy (non-hydrogen) atoms. The van der Waals surface area contributed by atoms with Gasteiger partial charge in [0.25, 0.3) is 5.91 Å². The molecule has 1 aromatic rings. The van der Waals surface area contributed by atoms with Gasteiger partial charge in [0.15, 0.2) is 0 Å². The predicted molar refractivity (Wildman–Crippen MR) is 84.0 cm³/mol. The third kappa shape index (κ3) is 5.95. The smallest absolute Gasteiger partial charge is 0.251 e. The number of nitrogens with one attached hydrogen (secondary N) is 2. The van der Waals surface area contributed by atoms with E-state index in [9.17, 15) is 9.59 Å². The number of hydrogen-bond acceptors (Lipinski definition) is 3. The summed E-state index contributed by atoms with van der Waals surface area (Å²) in [6, 6.07) is 7.56. The second-order valence-corrected chi connectivity index (χ2v) is 5.08. The van der Waals surface area contributed by atoms with Gasteiger partial charge in [-0.15, -0.1) is 0 Å². The number of benzene rings is 1. The number of nitrogens with two attached hydrogens (primary N) is 1. The Morgan fingerprint density at radius 2 is 2.00 bits per heavy atom. The van der Waals surface area contributed by atoms with E-state index in [4.69, 9.17) is 5.73 Å². The summed E-state index contributed by atoms with van der Waals surface area (Å²) in [7, 11) is 0. The predicted octanol–water partition coefficient (Wildman–Crippen LogP) is 1.22. The first-order valence-corrected chi connectivity index (χ1v) is 7.44. The highest BCUT2D eigenvalue weighted by molar-refractivity contribution is 5.95. The van der Waals surface area contributed by atoms with E-state index in [-0.39, 0.29) is 24.3 Å². The second kappa shape index (κ2) is 9.13. The van der Waals surface area contributed by atoms with Crippen molar-refractivity contribution in [2.45, 2.75) is 39.2 Å². The van der Waals surface area contributed by atoms with Gasteiger partial charge in [0.2, 0.25) is 5.91 Å². The third-order valence-corrected chi connectivity index (χ3v) is 3.33. The lowest BCUT2D eigenvalue weighted by Crippen LogP contribution is -2.35. The highest BCUT2D eigenvalue weighted by atomic mass is 16.2. The largest absolute Gasteiger partial charge is 0.354 e. The Morgan fingerprint density at radius 1 is 1.29 bits per heavy atom. The molecule has 0 aromatic heterocycles. The molecule has 2 amide bonds. The molecular weight excluding hydrogens is 266 g/mol. The molecule has 5 nitrogen and oxygen atoms in total. The normalized spacial score (nSPS) is 11.8. The minimum Gasteiger partial charge on any atom is -0.354 e. The fourth-order valence-corrected chi connectivity index (χ4v) is 1.95. The van der Waals surface area contributed by atoms with E-state index >= 15 is 0 Å². The average molecular weight is 291 g/mol. The Bertz CT molecular complexity index is 474. The van der Waals surface area contributed by atoms with Crippen LogP contribution in [0.1, 0.15) is 42.6 Å². The Hall–Kier alpha value is -1.88. The fourth-order valence-electron chi connectivity index (χ4n) is 1.95. The summed E-state index contributed by atoms with van der Waals surface area (Å²) in [5, 5.41) is 5.65. The maximum Gasteiger partial charge on any atom is 0.251 e. The summed E-state index contributed by atoms with van der Waals surface area (Å²) in [6.07, 6.45) is 1.85. The molecule has 0 bridgehead atoms. The van der Waals surface area contributed by atoms with Gasteiger partial charge in [-0.05, 0) is 37.9 Å². The zero-order chi connectivity index (χ0) is 15.7. The lowest BCUT2D eigenvalue weighted by Gasteiger charge is -2.12. The Morgan fingerprint density at radius 3 is 2.67 bits per heavy atom. The highest BCUT2D eigenvalue weighted by Gasteiger charge is 2.11. The molecule has 0 heterocycles. The number of carbonyl (C=O) groups is 2. The zero-order valence-electron chi connectivity index (χ0n) is 12.8. The van der Waals surface area contributed by atoms with Crippen LogP contribution in [0.4, 0.5) is 0 Å². The van der Waals surface area contributed by atoms with Gasteiger partial charge >= 0.3 is 0 Å². The van der Waals surface area contributed by atoms with Crippen LogP contribution in [-0.2, 0) is 11.2 Å². The molecule has 1 aromatic carbocycles. The number of amides is 2. The van der Waals surface area contributed by atoms with Gasteiger partial charge in [-0.25, -0.2) is 0 Å². The number of rotatable bonds is 8. The van der Waals surface area contributed by atoms with Gasteiger partial charge in [0.1, 0.15) is 0 Å². The molecule has 0 aliphatic rings. The minimum atomic E-state index is -0.157. The van der Waals surface area contributed by atoms with E-state index in [1.54, 1.807) is 6.07 Å². The third-order valence-electron chi connectivity index (χ3n) is 3.33. The summed E-state index contributed by atoms with van der Waals surface area (Å²) >= 11 is 0. The molecule has 0 saturated carbocycles. The first-order chi connectivity index (χ1) is 10.1. The lowest BCUT2D eigenvalue weighted by molar-refractivity contribution is -0.121. The molecule has 1 unspecified atom stereocenters. The number of carbonyl (C=O) groups excluding carboxylic acids is 2. The first kappa shape index (κ1) is 17.2. The molecule has 0 radical (unpaired) electrons. The van der Waals surface area contributed by atoms with E-state index in [0.29, 0.717) is 25.1 Å². The van der Waals surface area contributed by atoms with Crippen LogP contribution in [0, 0.1) is 0 Å². The van der Waals surface area contributed by atoms with Crippen molar-refractivity contribution in [1.82, 2.24) is 10.6 Å². The van der Waals surface area contributed by atoms with E-state index in [1.807, 2.05) is 32.0 Å². The molecule has 0 aliphatic heterocycles. The fraction of sp³-hybridized carbons (Fsp3) is 0.500. The van der Waals surface area contributed by atoms with Crippen LogP contribution in [0.15, 0.2) is 24.3 Å². The van der Waals surface area contributed by atoms with Crippen molar-refractivity contribution in [2.24, 2.45) is 5.73 Å². The number of hydrogen-bond donors (Lipinski definition) is 3. The molecule has 0 saturated heterocycles. The maximum absolute atomic E-state index is 12.1. The molecule has 5 heteroatoms. The average Bonchev–Trinajstić information content (AvgIpc) is 2.47. The van der Waals surface area contributed by atoms with E-state index in [0.717, 1.165) is 12.0 Å². The van der Waals surface area contributed by atoms with Crippen LogP contribution in [0.2, 0.25) is 0 Å². The van der Waals surface area contributed by atoms with E-state index in [2.05, 4.69) is 10.6 Å². The van der Waals surface area contributed by atoms with Gasteiger partial charge in [-0.1, -0.05) is 25.1 Å². The Kier molecular flexibility index (Phi) is 7.46. The quantitative estimate of drug-likeness (QED) is 0.673. The Balaban J connectivity index is 2.46. The molecule has 1 rings (SSSR count). The van der Waals surface area contributed by atoms with Crippen molar-refractivity contribution in [2.75, 3.05) is 13.1 Å². The molecule has 1 atom stereocenters. The van der Waals surface area contributed by atoms with Gasteiger partial charge in [0, 0.05) is 24.6 Å². The van der Waals surface area contributed by atoms with Gasteiger partial charge in [-0.2, -0.15) is 0 Å². The van der Waals surface area contributed by atoms with Gasteiger partial charge < -0.3 is 16.4 Å². The standard InChI is InChI=1S/C16H25N3O2/c1-3-12(2)19-15(20)9-11-18-16(21)14-7-5-4-6-13(14)8-10-17/h4-7,12H,3,8-11,17H2,1-2H3,(H,18,21)(H,19,20). The molecule has 0 aliphatic carbocycles. The van der Waals surface area contributed by atoms with Crippen molar-refractivity contribution in [1.29, 1.82) is 0 Å². The zero-order valence-corrected chi connectivity index (χ0v) is 12.8. The summed E-state index contributed by atoms with van der Waals surface area (Å²) < 4.78 is 0. The van der Waals surface area contributed by atoms with E-state index < -0.39 is 0 Å². The molecule has 116 valence electrons. The van der Waals surface area contributed by atoms with Crippen LogP contribution in [0.3, 0.4) is 0 Å². The summed E-state index contributed by atoms with van der Waals surface area (Å²) in [4.78, 5) is 23.7. The van der Waals surface area contributed by atoms with Crippen LogP contribution in [0.5, 0.6) is 0 Å². The first-order valence-electron chi connectivity index (χ1n) is 7.44. The highest BCUT2D eigenvalue weighted by Crippen LogP contribution is 2.08. The topological polar surface area (TPSA) is 84.2 Å². The van der Waals surface area contributed by atoms with Crippen molar-refractivity contribution >= 4 is 11.8 Å². The summed E-state index contributed by atoms with van der Waals surface area (Å²) in [5.41, 5.74) is 7.11. The van der Waals surface area contributed by atoms with E-state index in [1.165, 1.54) is 0 Å². The van der Waals surface area contributed by atoms with Crippen LogP contribution >= 0.6 is 0 Å². The monoisotopic (exact) mass is 291 g/mol. The van der Waals surface area contributed by atoms with Crippen LogP contribution in [0.25, 0.3) is 0 Å². The minimum absolute atomic E-state index is 0.0418. The summed E-state index contributed by atoms with van der Waals surface area (Å²) in [6.45, 7) is 4.81. The molecule has 4 N–H and O–H groups in total. The maximum atomic E-state index is 12.1. The van der Waals surface area contributed by atoms with Crippen LogP contribution < -0.4 is 16.4 Å². The Labute approximate surface area is 126 Å². The molecule has 0 spiro atoms. The van der Waals surface area contributed by atoms with Gasteiger partial charge in [0.05, 0.1) is 0 Å². The van der Waals surface area contributed by atoms with Crippen molar-refractivity contribution in [3.8, 4) is 0 Å². The van der Waals surface area contributed by atoms with Crippen molar-refractivity contribution in [3.05, 3.63) is 35.4 Å². The van der Waals surface area contributed by atoms with Crippen molar-refractivity contribution in [3.63, 3.8) is 0 Å². The summed E-state index contributed by atoms with van der Waals surface area (Å²) in [5.74, 6) is -0.199. The van der Waals surface area contributed by atoms with Gasteiger partial charge in [-0.3, -0.25) is 9.59 Å². The molecular formula is C16H25N3O2. The van der Waals surface area contributed by atoms with Crippen molar-refractivity contribution < 1.29 is 9.59 Å². The second-order valence-electron chi connectivity index (χ2n) is 5.08. The SMILES string of the molecule is CCC(C)NC(=O)CCNC(=O)c1ccccc1CCN. The lowest BCUT2D eigenvalue weighted by atomic mass is 10.0.